The van der Waals surface area contributed by atoms with Crippen molar-refractivity contribution in [3.63, 3.8) is 0 Å². The van der Waals surface area contributed by atoms with Gasteiger partial charge >= 0.3 is 0 Å². The van der Waals surface area contributed by atoms with Crippen molar-refractivity contribution in [1.29, 1.82) is 0 Å². The Balaban J connectivity index is 1.29. The van der Waals surface area contributed by atoms with Gasteiger partial charge in [0.05, 0.1) is 0 Å². The van der Waals surface area contributed by atoms with Crippen LogP contribution in [0.3, 0.4) is 0 Å². The molecule has 0 nitrogen and oxygen atoms in total. The predicted molar refractivity (Wildman–Crippen MR) is 126 cm³/mol. The minimum atomic E-state index is 0.585. The second-order valence-corrected chi connectivity index (χ2v) is 9.90. The number of rotatable bonds is 6. The van der Waals surface area contributed by atoms with Crippen LogP contribution in [0, 0.1) is 17.8 Å². The van der Waals surface area contributed by atoms with E-state index in [1.165, 1.54) is 80.9 Å². The smallest absolute Gasteiger partial charge is 0.0474 e. The van der Waals surface area contributed by atoms with Gasteiger partial charge in [0.2, 0.25) is 0 Å². The van der Waals surface area contributed by atoms with Crippen LogP contribution in [0.1, 0.15) is 88.2 Å². The normalized spacial score (nSPS) is 27.7. The maximum Gasteiger partial charge on any atom is 0.0474 e. The minimum Gasteiger partial charge on any atom is -0.122 e. The van der Waals surface area contributed by atoms with Gasteiger partial charge in [0.15, 0.2) is 0 Å². The van der Waals surface area contributed by atoms with E-state index in [1.54, 1.807) is 5.56 Å². The molecule has 0 bridgehead atoms. The molecule has 2 aromatic carbocycles. The number of hydrogen-bond donors (Lipinski definition) is 0. The van der Waals surface area contributed by atoms with Gasteiger partial charge in [0, 0.05) is 5.88 Å². The van der Waals surface area contributed by atoms with Crippen molar-refractivity contribution < 1.29 is 0 Å². The van der Waals surface area contributed by atoms with E-state index < -0.39 is 0 Å². The molecule has 2 aliphatic carbocycles. The molecular formula is C28H37Cl. The summed E-state index contributed by atoms with van der Waals surface area (Å²) in [5, 5.41) is 0. The molecule has 0 unspecified atom stereocenters. The van der Waals surface area contributed by atoms with Crippen LogP contribution < -0.4 is 0 Å². The molecule has 2 saturated carbocycles. The number of alkyl halides is 1. The maximum atomic E-state index is 5.91. The molecular weight excluding hydrogens is 372 g/mol. The Bertz CT molecular complexity index is 729. The maximum absolute atomic E-state index is 5.91. The van der Waals surface area contributed by atoms with Crippen LogP contribution in [-0.4, -0.2) is 0 Å². The Morgan fingerprint density at radius 1 is 0.690 bits per heavy atom. The van der Waals surface area contributed by atoms with E-state index >= 15 is 0 Å². The fraction of sp³-hybridized carbons (Fsp3) is 0.571. The molecule has 0 amide bonds. The van der Waals surface area contributed by atoms with Crippen molar-refractivity contribution in [3.05, 3.63) is 59.7 Å². The Morgan fingerprint density at radius 3 is 1.72 bits per heavy atom. The van der Waals surface area contributed by atoms with Gasteiger partial charge in [0.1, 0.15) is 0 Å². The molecule has 1 heteroatoms. The molecule has 0 N–H and O–H groups in total. The standard InChI is InChI=1S/C28H37Cl/c1-2-3-21-4-8-23(9-5-21)25-12-16-27(17-13-25)28-18-14-26(15-19-28)24-10-6-22(20-29)7-11-24/h6-7,10-11,14-15,18-19,21,23,25,27H,2-5,8-9,12-13,16-17,20H2,1H3/t21-,23-,25?,27?. The lowest BCUT2D eigenvalue weighted by atomic mass is 9.68. The summed E-state index contributed by atoms with van der Waals surface area (Å²) in [4.78, 5) is 0. The first kappa shape index (κ1) is 21.0. The fourth-order valence-electron chi connectivity index (χ4n) is 6.01. The van der Waals surface area contributed by atoms with Crippen molar-refractivity contribution in [1.82, 2.24) is 0 Å². The largest absolute Gasteiger partial charge is 0.122 e. The summed E-state index contributed by atoms with van der Waals surface area (Å²) in [6, 6.07) is 18.0. The van der Waals surface area contributed by atoms with E-state index in [0.29, 0.717) is 5.88 Å². The highest BCUT2D eigenvalue weighted by Crippen LogP contribution is 2.44. The lowest BCUT2D eigenvalue weighted by Crippen LogP contribution is -2.25. The average molecular weight is 409 g/mol. The second-order valence-electron chi connectivity index (χ2n) is 9.63. The zero-order valence-corrected chi connectivity index (χ0v) is 18.8. The molecule has 29 heavy (non-hydrogen) atoms. The lowest BCUT2D eigenvalue weighted by molar-refractivity contribution is 0.156. The quantitative estimate of drug-likeness (QED) is 0.418. The summed E-state index contributed by atoms with van der Waals surface area (Å²) in [5.74, 6) is 4.44. The second kappa shape index (κ2) is 10.2. The number of hydrogen-bond acceptors (Lipinski definition) is 0. The van der Waals surface area contributed by atoms with Crippen LogP contribution in [0.15, 0.2) is 48.5 Å². The van der Waals surface area contributed by atoms with Gasteiger partial charge in [-0.05, 0) is 84.5 Å². The van der Waals surface area contributed by atoms with Gasteiger partial charge in [-0.25, -0.2) is 0 Å². The van der Waals surface area contributed by atoms with Crippen molar-refractivity contribution in [2.75, 3.05) is 0 Å². The fourth-order valence-corrected chi connectivity index (χ4v) is 6.19. The van der Waals surface area contributed by atoms with Crippen molar-refractivity contribution in [3.8, 4) is 11.1 Å². The Labute approximate surface area is 183 Å². The Kier molecular flexibility index (Phi) is 7.35. The van der Waals surface area contributed by atoms with Gasteiger partial charge in [-0.15, -0.1) is 11.6 Å². The van der Waals surface area contributed by atoms with Crippen LogP contribution in [0.4, 0.5) is 0 Å². The molecule has 2 fully saturated rings. The molecule has 0 atom stereocenters. The molecule has 4 rings (SSSR count). The molecule has 0 heterocycles. The van der Waals surface area contributed by atoms with E-state index in [-0.39, 0.29) is 0 Å². The van der Waals surface area contributed by atoms with Gasteiger partial charge < -0.3 is 0 Å². The molecule has 0 spiro atoms. The minimum absolute atomic E-state index is 0.585. The predicted octanol–water partition coefficient (Wildman–Crippen LogP) is 8.97. The van der Waals surface area contributed by atoms with Crippen LogP contribution in [0.2, 0.25) is 0 Å². The number of benzene rings is 2. The highest BCUT2D eigenvalue weighted by Gasteiger charge is 2.31. The Hall–Kier alpha value is -1.27. The zero-order valence-electron chi connectivity index (χ0n) is 18.1. The first-order chi connectivity index (χ1) is 14.3. The molecule has 0 saturated heterocycles. The molecule has 156 valence electrons. The van der Waals surface area contributed by atoms with Crippen molar-refractivity contribution in [2.24, 2.45) is 17.8 Å². The summed E-state index contributed by atoms with van der Waals surface area (Å²) < 4.78 is 0. The van der Waals surface area contributed by atoms with E-state index in [2.05, 4.69) is 55.5 Å². The Morgan fingerprint density at radius 2 is 1.21 bits per heavy atom. The van der Waals surface area contributed by atoms with Crippen LogP contribution in [0.25, 0.3) is 11.1 Å². The molecule has 0 radical (unpaired) electrons. The highest BCUT2D eigenvalue weighted by atomic mass is 35.5. The van der Waals surface area contributed by atoms with Gasteiger partial charge in [-0.3, -0.25) is 0 Å². The van der Waals surface area contributed by atoms with E-state index in [0.717, 1.165) is 23.7 Å². The monoisotopic (exact) mass is 408 g/mol. The molecule has 2 aromatic rings. The summed E-state index contributed by atoms with van der Waals surface area (Å²) >= 11 is 5.91. The highest BCUT2D eigenvalue weighted by molar-refractivity contribution is 6.17. The van der Waals surface area contributed by atoms with E-state index in [1.807, 2.05) is 0 Å². The lowest BCUT2D eigenvalue weighted by Gasteiger charge is -2.38. The summed E-state index contributed by atoms with van der Waals surface area (Å²) in [5.41, 5.74) is 5.33. The third-order valence-corrected chi connectivity index (χ3v) is 8.16. The SMILES string of the molecule is CCC[C@H]1CC[C@H](C2CCC(c3ccc(-c4ccc(CCl)cc4)cc3)CC2)CC1. The van der Waals surface area contributed by atoms with Crippen LogP contribution in [0.5, 0.6) is 0 Å². The molecule has 0 aromatic heterocycles. The summed E-state index contributed by atoms with van der Waals surface area (Å²) in [7, 11) is 0. The zero-order chi connectivity index (χ0) is 20.1. The average Bonchev–Trinajstić information content (AvgIpc) is 2.80. The van der Waals surface area contributed by atoms with Crippen molar-refractivity contribution >= 4 is 11.6 Å². The summed E-state index contributed by atoms with van der Waals surface area (Å²) in [6.45, 7) is 2.34. The van der Waals surface area contributed by atoms with Gasteiger partial charge in [-0.1, -0.05) is 81.1 Å². The molecule has 0 aliphatic heterocycles. The third kappa shape index (κ3) is 5.26. The van der Waals surface area contributed by atoms with Gasteiger partial charge in [0.25, 0.3) is 0 Å². The first-order valence-electron chi connectivity index (χ1n) is 12.0. The summed E-state index contributed by atoms with van der Waals surface area (Å²) in [6.07, 6.45) is 14.6. The van der Waals surface area contributed by atoms with E-state index in [9.17, 15) is 0 Å². The first-order valence-corrected chi connectivity index (χ1v) is 12.6. The third-order valence-electron chi connectivity index (χ3n) is 7.85. The van der Waals surface area contributed by atoms with Crippen LogP contribution >= 0.6 is 11.6 Å². The van der Waals surface area contributed by atoms with E-state index in [4.69, 9.17) is 11.6 Å². The van der Waals surface area contributed by atoms with Crippen molar-refractivity contribution in [2.45, 2.75) is 82.9 Å². The molecule has 2 aliphatic rings. The number of halogens is 1. The van der Waals surface area contributed by atoms with Gasteiger partial charge in [-0.2, -0.15) is 0 Å². The van der Waals surface area contributed by atoms with Crippen LogP contribution in [-0.2, 0) is 5.88 Å². The topological polar surface area (TPSA) is 0 Å².